The molecule has 0 saturated heterocycles. The first kappa shape index (κ1) is 11.8. The lowest BCUT2D eigenvalue weighted by molar-refractivity contribution is 1.17. The van der Waals surface area contributed by atoms with E-state index in [0.717, 1.165) is 11.1 Å². The van der Waals surface area contributed by atoms with Gasteiger partial charge >= 0.3 is 0 Å². The van der Waals surface area contributed by atoms with Gasteiger partial charge in [0.25, 0.3) is 0 Å². The van der Waals surface area contributed by atoms with Gasteiger partial charge in [-0.2, -0.15) is 5.26 Å². The number of aromatic nitrogens is 2. The normalized spacial score (nSPS) is 10.0. The van der Waals surface area contributed by atoms with Crippen LogP contribution in [0.1, 0.15) is 11.1 Å². The Kier molecular flexibility index (Phi) is 3.28. The molecule has 0 radical (unpaired) electrons. The molecule has 2 rings (SSSR count). The molecule has 0 unspecified atom stereocenters. The second-order valence-electron chi connectivity index (χ2n) is 3.48. The highest BCUT2D eigenvalue weighted by molar-refractivity contribution is 6.33. The maximum absolute atomic E-state index is 8.80. The fourth-order valence-corrected chi connectivity index (χ4v) is 1.86. The topological polar surface area (TPSA) is 49.6 Å². The summed E-state index contributed by atoms with van der Waals surface area (Å²) in [5.74, 6) is 0. The zero-order valence-electron chi connectivity index (χ0n) is 8.91. The molecule has 0 aliphatic carbocycles. The smallest absolute Gasteiger partial charge is 0.222 e. The molecule has 0 aliphatic rings. The molecule has 0 aliphatic heterocycles. The quantitative estimate of drug-likeness (QED) is 0.739. The van der Waals surface area contributed by atoms with Gasteiger partial charge in [-0.3, -0.25) is 0 Å². The van der Waals surface area contributed by atoms with Crippen molar-refractivity contribution in [2.24, 2.45) is 0 Å². The number of halogens is 2. The summed E-state index contributed by atoms with van der Waals surface area (Å²) in [4.78, 5) is 7.90. The Morgan fingerprint density at radius 3 is 2.71 bits per heavy atom. The lowest BCUT2D eigenvalue weighted by atomic mass is 10.0. The van der Waals surface area contributed by atoms with Crippen molar-refractivity contribution in [2.45, 2.75) is 6.92 Å². The average Bonchev–Trinajstić information content (AvgIpc) is 2.32. The summed E-state index contributed by atoms with van der Waals surface area (Å²) in [6.07, 6.45) is 1.46. The van der Waals surface area contributed by atoms with Crippen molar-refractivity contribution in [1.82, 2.24) is 9.97 Å². The minimum absolute atomic E-state index is 0.146. The van der Waals surface area contributed by atoms with Gasteiger partial charge in [-0.1, -0.05) is 17.7 Å². The molecule has 0 atom stereocenters. The highest BCUT2D eigenvalue weighted by atomic mass is 35.5. The molecule has 0 fully saturated rings. The molecule has 0 spiro atoms. The molecular formula is C12H7Cl2N3. The van der Waals surface area contributed by atoms with Crippen LogP contribution in [-0.4, -0.2) is 9.97 Å². The number of rotatable bonds is 1. The fourth-order valence-electron chi connectivity index (χ4n) is 1.53. The zero-order valence-corrected chi connectivity index (χ0v) is 10.4. The molecule has 2 aromatic rings. The van der Waals surface area contributed by atoms with Crippen LogP contribution in [-0.2, 0) is 0 Å². The number of hydrogen-bond donors (Lipinski definition) is 0. The van der Waals surface area contributed by atoms with Crippen molar-refractivity contribution in [1.29, 1.82) is 5.26 Å². The van der Waals surface area contributed by atoms with Gasteiger partial charge in [-0.25, -0.2) is 9.97 Å². The Hall–Kier alpha value is -1.63. The lowest BCUT2D eigenvalue weighted by Gasteiger charge is -2.07. The van der Waals surface area contributed by atoms with E-state index in [4.69, 9.17) is 28.5 Å². The Morgan fingerprint density at radius 2 is 2.06 bits per heavy atom. The van der Waals surface area contributed by atoms with Crippen LogP contribution in [0.25, 0.3) is 11.3 Å². The van der Waals surface area contributed by atoms with Gasteiger partial charge in [-0.15, -0.1) is 0 Å². The predicted molar refractivity (Wildman–Crippen MR) is 66.9 cm³/mol. The summed E-state index contributed by atoms with van der Waals surface area (Å²) in [5, 5.41) is 9.38. The fraction of sp³-hybridized carbons (Fsp3) is 0.0833. The van der Waals surface area contributed by atoms with E-state index in [9.17, 15) is 0 Å². The Bertz CT molecular complexity index is 618. The molecular weight excluding hydrogens is 257 g/mol. The Labute approximate surface area is 109 Å². The first-order chi connectivity index (χ1) is 8.11. The van der Waals surface area contributed by atoms with Gasteiger partial charge in [0, 0.05) is 5.56 Å². The van der Waals surface area contributed by atoms with Crippen LogP contribution in [0.15, 0.2) is 24.4 Å². The number of nitrogens with zero attached hydrogens (tertiary/aromatic N) is 3. The van der Waals surface area contributed by atoms with E-state index in [2.05, 4.69) is 16.0 Å². The molecule has 3 nitrogen and oxygen atoms in total. The van der Waals surface area contributed by atoms with Crippen LogP contribution in [0.4, 0.5) is 0 Å². The molecule has 17 heavy (non-hydrogen) atoms. The molecule has 0 saturated carbocycles. The van der Waals surface area contributed by atoms with Crippen LogP contribution >= 0.6 is 23.2 Å². The van der Waals surface area contributed by atoms with E-state index >= 15 is 0 Å². The number of benzene rings is 1. The van der Waals surface area contributed by atoms with E-state index in [0.29, 0.717) is 16.3 Å². The first-order valence-electron chi connectivity index (χ1n) is 4.81. The zero-order chi connectivity index (χ0) is 12.4. The van der Waals surface area contributed by atoms with Crippen LogP contribution in [0.5, 0.6) is 0 Å². The second kappa shape index (κ2) is 4.70. The van der Waals surface area contributed by atoms with Crippen molar-refractivity contribution in [3.63, 3.8) is 0 Å². The van der Waals surface area contributed by atoms with Gasteiger partial charge in [0.05, 0.1) is 28.5 Å². The van der Waals surface area contributed by atoms with Gasteiger partial charge < -0.3 is 0 Å². The van der Waals surface area contributed by atoms with E-state index in [1.165, 1.54) is 6.20 Å². The van der Waals surface area contributed by atoms with Crippen molar-refractivity contribution in [3.8, 4) is 17.3 Å². The summed E-state index contributed by atoms with van der Waals surface area (Å²) >= 11 is 11.8. The van der Waals surface area contributed by atoms with Crippen molar-refractivity contribution >= 4 is 23.2 Å². The van der Waals surface area contributed by atoms with Crippen LogP contribution in [0.3, 0.4) is 0 Å². The molecule has 1 aromatic carbocycles. The van der Waals surface area contributed by atoms with Gasteiger partial charge in [-0.05, 0) is 36.2 Å². The molecule has 0 amide bonds. The van der Waals surface area contributed by atoms with Crippen LogP contribution in [0, 0.1) is 18.3 Å². The molecule has 84 valence electrons. The van der Waals surface area contributed by atoms with E-state index < -0.39 is 0 Å². The third kappa shape index (κ3) is 2.38. The Morgan fingerprint density at radius 1 is 1.29 bits per heavy atom. The average molecular weight is 264 g/mol. The molecule has 1 heterocycles. The lowest BCUT2D eigenvalue weighted by Crippen LogP contribution is -1.92. The Balaban J connectivity index is 2.61. The largest absolute Gasteiger partial charge is 0.225 e. The van der Waals surface area contributed by atoms with Gasteiger partial charge in [0.15, 0.2) is 0 Å². The van der Waals surface area contributed by atoms with Crippen molar-refractivity contribution < 1.29 is 0 Å². The monoisotopic (exact) mass is 263 g/mol. The van der Waals surface area contributed by atoms with Crippen LogP contribution < -0.4 is 0 Å². The van der Waals surface area contributed by atoms with E-state index in [1.54, 1.807) is 18.2 Å². The number of aryl methyl sites for hydroxylation is 1. The standard InChI is InChI=1S/C12H7Cl2N3/c1-7-4-8(5-15)2-3-9(7)11-10(13)6-16-12(14)17-11/h2-4,6H,1H3. The maximum atomic E-state index is 8.80. The highest BCUT2D eigenvalue weighted by Crippen LogP contribution is 2.29. The number of nitriles is 1. The molecule has 0 bridgehead atoms. The summed E-state index contributed by atoms with van der Waals surface area (Å²) in [5.41, 5.74) is 2.94. The van der Waals surface area contributed by atoms with Crippen molar-refractivity contribution in [3.05, 3.63) is 45.8 Å². The third-order valence-electron chi connectivity index (χ3n) is 2.33. The van der Waals surface area contributed by atoms with Crippen LogP contribution in [0.2, 0.25) is 10.3 Å². The predicted octanol–water partition coefficient (Wildman–Crippen LogP) is 3.63. The van der Waals surface area contributed by atoms with E-state index in [-0.39, 0.29) is 5.28 Å². The van der Waals surface area contributed by atoms with E-state index in [1.807, 2.05) is 6.92 Å². The summed E-state index contributed by atoms with van der Waals surface area (Å²) < 4.78 is 0. The second-order valence-corrected chi connectivity index (χ2v) is 4.22. The molecule has 5 heteroatoms. The molecule has 0 N–H and O–H groups in total. The summed E-state index contributed by atoms with van der Waals surface area (Å²) in [6, 6.07) is 7.38. The highest BCUT2D eigenvalue weighted by Gasteiger charge is 2.10. The van der Waals surface area contributed by atoms with Gasteiger partial charge in [0.1, 0.15) is 0 Å². The summed E-state index contributed by atoms with van der Waals surface area (Å²) in [6.45, 7) is 1.89. The maximum Gasteiger partial charge on any atom is 0.222 e. The minimum Gasteiger partial charge on any atom is -0.225 e. The summed E-state index contributed by atoms with van der Waals surface area (Å²) in [7, 11) is 0. The first-order valence-corrected chi connectivity index (χ1v) is 5.56. The number of hydrogen-bond acceptors (Lipinski definition) is 3. The minimum atomic E-state index is 0.146. The van der Waals surface area contributed by atoms with Gasteiger partial charge in [0.2, 0.25) is 5.28 Å². The SMILES string of the molecule is Cc1cc(C#N)ccc1-c1nc(Cl)ncc1Cl. The molecule has 1 aromatic heterocycles. The third-order valence-corrected chi connectivity index (χ3v) is 2.78. The van der Waals surface area contributed by atoms with Crippen molar-refractivity contribution in [2.75, 3.05) is 0 Å².